The summed E-state index contributed by atoms with van der Waals surface area (Å²) in [6.45, 7) is 0.718. The number of halogens is 1. The van der Waals surface area contributed by atoms with E-state index in [-0.39, 0.29) is 31.4 Å². The minimum Gasteiger partial charge on any atom is -0.480 e. The van der Waals surface area contributed by atoms with Crippen molar-refractivity contribution in [3.8, 4) is 0 Å². The zero-order valence-corrected chi connectivity index (χ0v) is 11.3. The fraction of sp³-hybridized carbons (Fsp3) is 0.385. The minimum atomic E-state index is -1.03. The Kier molecular flexibility index (Phi) is 5.63. The smallest absolute Gasteiger partial charge is 0.322 e. The second-order valence-electron chi connectivity index (χ2n) is 4.32. The molecule has 5 nitrogen and oxygen atoms in total. The van der Waals surface area contributed by atoms with Crippen LogP contribution in [0.3, 0.4) is 0 Å². The van der Waals surface area contributed by atoms with Gasteiger partial charge in [0.1, 0.15) is 6.54 Å². The number of para-hydroxylation sites is 1. The van der Waals surface area contributed by atoms with Crippen molar-refractivity contribution in [1.29, 1.82) is 0 Å². The highest BCUT2D eigenvalue weighted by molar-refractivity contribution is 5.85. The van der Waals surface area contributed by atoms with Crippen LogP contribution in [-0.2, 0) is 16.0 Å². The number of aryl methyl sites for hydroxylation is 1. The van der Waals surface area contributed by atoms with Crippen LogP contribution in [0.5, 0.6) is 0 Å². The van der Waals surface area contributed by atoms with Crippen LogP contribution in [0.4, 0.5) is 5.69 Å². The molecule has 2 rings (SSSR count). The van der Waals surface area contributed by atoms with Crippen molar-refractivity contribution in [2.45, 2.75) is 12.8 Å². The molecule has 0 bridgehead atoms. The number of carbonyl (C=O) groups excluding carboxylic acids is 1. The summed E-state index contributed by atoms with van der Waals surface area (Å²) in [5, 5.41) is 10.9. The molecule has 1 amide bonds. The van der Waals surface area contributed by atoms with Crippen molar-refractivity contribution in [2.75, 3.05) is 24.5 Å². The molecule has 104 valence electrons. The van der Waals surface area contributed by atoms with Crippen molar-refractivity contribution in [3.05, 3.63) is 29.8 Å². The lowest BCUT2D eigenvalue weighted by Gasteiger charge is -2.30. The number of carboxylic acids is 1. The third-order valence-corrected chi connectivity index (χ3v) is 2.98. The molecule has 19 heavy (non-hydrogen) atoms. The quantitative estimate of drug-likeness (QED) is 0.867. The Morgan fingerprint density at radius 2 is 2.05 bits per heavy atom. The molecule has 1 aromatic rings. The number of benzene rings is 1. The minimum absolute atomic E-state index is 0. The lowest BCUT2D eigenvalue weighted by atomic mass is 10.0. The van der Waals surface area contributed by atoms with Crippen LogP contribution in [0.25, 0.3) is 0 Å². The molecule has 0 saturated heterocycles. The number of nitrogens with one attached hydrogen (secondary N) is 1. The van der Waals surface area contributed by atoms with Crippen LogP contribution in [0.15, 0.2) is 24.3 Å². The molecule has 1 heterocycles. The Labute approximate surface area is 118 Å². The monoisotopic (exact) mass is 284 g/mol. The Morgan fingerprint density at radius 1 is 1.32 bits per heavy atom. The maximum Gasteiger partial charge on any atom is 0.322 e. The molecule has 6 heteroatoms. The van der Waals surface area contributed by atoms with Crippen LogP contribution in [0.1, 0.15) is 12.0 Å². The first-order valence-electron chi connectivity index (χ1n) is 5.98. The summed E-state index contributed by atoms with van der Waals surface area (Å²) in [6, 6.07) is 8.01. The Balaban J connectivity index is 0.00000180. The molecule has 0 aliphatic carbocycles. The molecule has 1 aliphatic heterocycles. The first-order chi connectivity index (χ1) is 8.66. The summed E-state index contributed by atoms with van der Waals surface area (Å²) in [7, 11) is 0. The lowest BCUT2D eigenvalue weighted by molar-refractivity contribution is -0.137. The van der Waals surface area contributed by atoms with Crippen LogP contribution < -0.4 is 10.2 Å². The fourth-order valence-electron chi connectivity index (χ4n) is 2.18. The predicted molar refractivity (Wildman–Crippen MR) is 74.9 cm³/mol. The van der Waals surface area contributed by atoms with E-state index in [2.05, 4.69) is 11.4 Å². The highest BCUT2D eigenvalue weighted by atomic mass is 35.5. The van der Waals surface area contributed by atoms with Crippen LogP contribution in [0, 0.1) is 0 Å². The van der Waals surface area contributed by atoms with Gasteiger partial charge in [0.25, 0.3) is 0 Å². The largest absolute Gasteiger partial charge is 0.480 e. The zero-order valence-electron chi connectivity index (χ0n) is 10.5. The van der Waals surface area contributed by atoms with Gasteiger partial charge >= 0.3 is 5.97 Å². The summed E-state index contributed by atoms with van der Waals surface area (Å²) in [6.07, 6.45) is 2.05. The highest BCUT2D eigenvalue weighted by Gasteiger charge is 2.18. The van der Waals surface area contributed by atoms with E-state index in [4.69, 9.17) is 5.11 Å². The SMILES string of the molecule is Cl.O=C(O)CNC(=O)CN1CCCc2ccccc21. The molecule has 0 aromatic heterocycles. The van der Waals surface area contributed by atoms with Gasteiger partial charge in [-0.2, -0.15) is 0 Å². The molecule has 1 aromatic carbocycles. The first kappa shape index (κ1) is 15.3. The molecular weight excluding hydrogens is 268 g/mol. The fourth-order valence-corrected chi connectivity index (χ4v) is 2.18. The van der Waals surface area contributed by atoms with Gasteiger partial charge in [-0.15, -0.1) is 12.4 Å². The Bertz CT molecular complexity index is 465. The van der Waals surface area contributed by atoms with Gasteiger partial charge in [0.2, 0.25) is 5.91 Å². The molecule has 0 spiro atoms. The van der Waals surface area contributed by atoms with Crippen LogP contribution >= 0.6 is 12.4 Å². The average Bonchev–Trinajstić information content (AvgIpc) is 2.37. The number of carboxylic acid groups (broad SMARTS) is 1. The van der Waals surface area contributed by atoms with Crippen LogP contribution in [0.2, 0.25) is 0 Å². The van der Waals surface area contributed by atoms with E-state index < -0.39 is 5.97 Å². The molecule has 0 atom stereocenters. The number of hydrogen-bond donors (Lipinski definition) is 2. The van der Waals surface area contributed by atoms with Crippen molar-refractivity contribution in [3.63, 3.8) is 0 Å². The first-order valence-corrected chi connectivity index (χ1v) is 5.98. The van der Waals surface area contributed by atoms with E-state index in [1.807, 2.05) is 23.1 Å². The Hall–Kier alpha value is -1.75. The standard InChI is InChI=1S/C13H16N2O3.ClH/c16-12(14-8-13(17)18)9-15-7-3-5-10-4-1-2-6-11(10)15;/h1-2,4,6H,3,5,7-9H2,(H,14,16)(H,17,18);1H. The number of nitrogens with zero attached hydrogens (tertiary/aromatic N) is 1. The van der Waals surface area contributed by atoms with Crippen molar-refractivity contribution in [1.82, 2.24) is 5.32 Å². The second-order valence-corrected chi connectivity index (χ2v) is 4.32. The van der Waals surface area contributed by atoms with Gasteiger partial charge in [-0.1, -0.05) is 18.2 Å². The zero-order chi connectivity index (χ0) is 13.0. The molecule has 0 radical (unpaired) electrons. The van der Waals surface area contributed by atoms with Crippen molar-refractivity contribution < 1.29 is 14.7 Å². The van der Waals surface area contributed by atoms with Gasteiger partial charge in [-0.25, -0.2) is 0 Å². The van der Waals surface area contributed by atoms with E-state index in [1.165, 1.54) is 5.56 Å². The lowest BCUT2D eigenvalue weighted by Crippen LogP contribution is -2.41. The summed E-state index contributed by atoms with van der Waals surface area (Å²) >= 11 is 0. The van der Waals surface area contributed by atoms with E-state index in [1.54, 1.807) is 0 Å². The highest BCUT2D eigenvalue weighted by Crippen LogP contribution is 2.25. The third-order valence-electron chi connectivity index (χ3n) is 2.98. The molecule has 0 saturated carbocycles. The summed E-state index contributed by atoms with van der Waals surface area (Å²) < 4.78 is 0. The van der Waals surface area contributed by atoms with Crippen LogP contribution in [-0.4, -0.2) is 36.6 Å². The van der Waals surface area contributed by atoms with Gasteiger partial charge in [0.15, 0.2) is 0 Å². The number of carbonyl (C=O) groups is 2. The normalized spacial score (nSPS) is 13.2. The molecule has 2 N–H and O–H groups in total. The van der Waals surface area contributed by atoms with E-state index in [0.717, 1.165) is 25.1 Å². The average molecular weight is 285 g/mol. The molecular formula is C13H17ClN2O3. The van der Waals surface area contributed by atoms with Gasteiger partial charge in [-0.05, 0) is 24.5 Å². The van der Waals surface area contributed by atoms with E-state index >= 15 is 0 Å². The van der Waals surface area contributed by atoms with Crippen molar-refractivity contribution in [2.24, 2.45) is 0 Å². The van der Waals surface area contributed by atoms with Gasteiger partial charge in [0, 0.05) is 12.2 Å². The topological polar surface area (TPSA) is 69.6 Å². The third kappa shape index (κ3) is 4.13. The van der Waals surface area contributed by atoms with Crippen molar-refractivity contribution >= 4 is 30.0 Å². The van der Waals surface area contributed by atoms with Gasteiger partial charge < -0.3 is 15.3 Å². The number of aliphatic carboxylic acids is 1. The summed E-state index contributed by atoms with van der Waals surface area (Å²) in [4.78, 5) is 24.0. The summed E-state index contributed by atoms with van der Waals surface area (Å²) in [5.41, 5.74) is 2.32. The maximum atomic E-state index is 11.6. The predicted octanol–water partition coefficient (Wildman–Crippen LogP) is 1.06. The van der Waals surface area contributed by atoms with Gasteiger partial charge in [-0.3, -0.25) is 9.59 Å². The Morgan fingerprint density at radius 3 is 2.79 bits per heavy atom. The summed E-state index contributed by atoms with van der Waals surface area (Å²) in [5.74, 6) is -1.28. The van der Waals surface area contributed by atoms with Gasteiger partial charge in [0.05, 0.1) is 6.54 Å². The van der Waals surface area contributed by atoms with E-state index in [0.29, 0.717) is 0 Å². The number of hydrogen-bond acceptors (Lipinski definition) is 3. The molecule has 0 unspecified atom stereocenters. The maximum absolute atomic E-state index is 11.6. The number of amides is 1. The second kappa shape index (κ2) is 6.99. The number of fused-ring (bicyclic) bond motifs is 1. The van der Waals surface area contributed by atoms with E-state index in [9.17, 15) is 9.59 Å². The molecule has 0 fully saturated rings. The number of rotatable bonds is 4. The molecule has 1 aliphatic rings. The number of anilines is 1.